The molecule has 0 aliphatic carbocycles. The summed E-state index contributed by atoms with van der Waals surface area (Å²) < 4.78 is 13.9. The van der Waals surface area contributed by atoms with Crippen LogP contribution in [0.15, 0.2) is 53.3 Å². The van der Waals surface area contributed by atoms with Crippen molar-refractivity contribution < 1.29 is 14.0 Å². The Labute approximate surface area is 182 Å². The van der Waals surface area contributed by atoms with Gasteiger partial charge in [0.25, 0.3) is 5.56 Å². The SMILES string of the molecule is CN(Cc1nc2ccccc2c(=O)[nH]1)C(=O)[C@H]1CS[C@@H](Cc2ccccc2F)C(=O)N1. The lowest BCUT2D eigenvalue weighted by Gasteiger charge is -2.30. The van der Waals surface area contributed by atoms with Crippen LogP contribution in [0.4, 0.5) is 4.39 Å². The van der Waals surface area contributed by atoms with E-state index in [0.717, 1.165) is 0 Å². The van der Waals surface area contributed by atoms with E-state index in [2.05, 4.69) is 15.3 Å². The van der Waals surface area contributed by atoms with Crippen LogP contribution in [0, 0.1) is 5.82 Å². The summed E-state index contributed by atoms with van der Waals surface area (Å²) in [5.74, 6) is -0.155. The highest BCUT2D eigenvalue weighted by atomic mass is 32.2. The Morgan fingerprint density at radius 3 is 2.71 bits per heavy atom. The molecule has 0 saturated carbocycles. The number of fused-ring (bicyclic) bond motifs is 1. The molecule has 9 heteroatoms. The Hall–Kier alpha value is -3.20. The molecular weight excluding hydrogens is 419 g/mol. The number of halogens is 1. The van der Waals surface area contributed by atoms with Gasteiger partial charge in [-0.1, -0.05) is 30.3 Å². The molecule has 1 aliphatic rings. The van der Waals surface area contributed by atoms with Gasteiger partial charge in [0.15, 0.2) is 0 Å². The summed E-state index contributed by atoms with van der Waals surface area (Å²) >= 11 is 1.34. The number of aromatic amines is 1. The fourth-order valence-corrected chi connectivity index (χ4v) is 4.69. The Balaban J connectivity index is 1.39. The normalized spacial score (nSPS) is 18.6. The van der Waals surface area contributed by atoms with Gasteiger partial charge in [0.2, 0.25) is 11.8 Å². The first-order valence-electron chi connectivity index (χ1n) is 9.80. The lowest BCUT2D eigenvalue weighted by Crippen LogP contribution is -2.54. The minimum Gasteiger partial charge on any atom is -0.343 e. The number of benzene rings is 2. The predicted molar refractivity (Wildman–Crippen MR) is 117 cm³/mol. The van der Waals surface area contributed by atoms with Crippen molar-refractivity contribution in [3.63, 3.8) is 0 Å². The van der Waals surface area contributed by atoms with Crippen molar-refractivity contribution in [3.05, 3.63) is 76.1 Å². The number of amides is 2. The third-order valence-electron chi connectivity index (χ3n) is 5.16. The second-order valence-corrected chi connectivity index (χ2v) is 8.64. The highest BCUT2D eigenvalue weighted by Crippen LogP contribution is 2.24. The smallest absolute Gasteiger partial charge is 0.258 e. The van der Waals surface area contributed by atoms with Gasteiger partial charge in [-0.05, 0) is 30.2 Å². The molecule has 1 saturated heterocycles. The van der Waals surface area contributed by atoms with Crippen molar-refractivity contribution in [2.24, 2.45) is 0 Å². The monoisotopic (exact) mass is 440 g/mol. The third-order valence-corrected chi connectivity index (χ3v) is 6.47. The number of carbonyl (C=O) groups is 2. The second-order valence-electron chi connectivity index (χ2n) is 7.40. The molecule has 2 N–H and O–H groups in total. The van der Waals surface area contributed by atoms with E-state index >= 15 is 0 Å². The minimum atomic E-state index is -0.688. The number of thioether (sulfide) groups is 1. The molecule has 7 nitrogen and oxygen atoms in total. The summed E-state index contributed by atoms with van der Waals surface area (Å²) in [6.45, 7) is 0.106. The number of para-hydroxylation sites is 1. The Kier molecular flexibility index (Phi) is 6.03. The Morgan fingerprint density at radius 1 is 1.19 bits per heavy atom. The van der Waals surface area contributed by atoms with Crippen LogP contribution < -0.4 is 10.9 Å². The van der Waals surface area contributed by atoms with Crippen molar-refractivity contribution in [2.45, 2.75) is 24.3 Å². The number of likely N-dealkylation sites (N-methyl/N-ethyl adjacent to an activating group) is 1. The molecule has 1 aromatic heterocycles. The quantitative estimate of drug-likeness (QED) is 0.632. The van der Waals surface area contributed by atoms with Crippen molar-refractivity contribution in [1.82, 2.24) is 20.2 Å². The third kappa shape index (κ3) is 4.61. The van der Waals surface area contributed by atoms with Gasteiger partial charge in [-0.3, -0.25) is 14.4 Å². The number of H-pyrrole nitrogens is 1. The van der Waals surface area contributed by atoms with Crippen LogP contribution in [0.3, 0.4) is 0 Å². The summed E-state index contributed by atoms with van der Waals surface area (Å²) in [5, 5.41) is 2.78. The van der Waals surface area contributed by atoms with E-state index in [4.69, 9.17) is 0 Å². The van der Waals surface area contributed by atoms with E-state index in [-0.39, 0.29) is 36.2 Å². The molecule has 1 aliphatic heterocycles. The van der Waals surface area contributed by atoms with Crippen LogP contribution in [-0.4, -0.2) is 50.8 Å². The number of hydrogen-bond donors (Lipinski definition) is 2. The molecule has 0 bridgehead atoms. The van der Waals surface area contributed by atoms with Gasteiger partial charge in [0, 0.05) is 12.8 Å². The minimum absolute atomic E-state index is 0.106. The molecule has 2 amide bonds. The first-order chi connectivity index (χ1) is 14.9. The molecule has 4 rings (SSSR count). The fourth-order valence-electron chi connectivity index (χ4n) is 3.52. The zero-order valence-electron chi connectivity index (χ0n) is 16.8. The van der Waals surface area contributed by atoms with Crippen molar-refractivity contribution >= 4 is 34.5 Å². The van der Waals surface area contributed by atoms with Crippen molar-refractivity contribution in [2.75, 3.05) is 12.8 Å². The van der Waals surface area contributed by atoms with Gasteiger partial charge in [-0.2, -0.15) is 0 Å². The first kappa shape index (κ1) is 21.0. The van der Waals surface area contributed by atoms with E-state index in [1.165, 1.54) is 22.7 Å². The van der Waals surface area contributed by atoms with Crippen LogP contribution in [-0.2, 0) is 22.6 Å². The van der Waals surface area contributed by atoms with Crippen LogP contribution in [0.5, 0.6) is 0 Å². The molecule has 1 fully saturated rings. The lowest BCUT2D eigenvalue weighted by atomic mass is 10.1. The molecule has 0 radical (unpaired) electrons. The van der Waals surface area contributed by atoms with E-state index in [9.17, 15) is 18.8 Å². The summed E-state index contributed by atoms with van der Waals surface area (Å²) in [4.78, 5) is 46.1. The largest absolute Gasteiger partial charge is 0.343 e. The van der Waals surface area contributed by atoms with Crippen LogP contribution >= 0.6 is 11.8 Å². The Bertz CT molecular complexity index is 1200. The van der Waals surface area contributed by atoms with Gasteiger partial charge in [-0.25, -0.2) is 9.37 Å². The number of aromatic nitrogens is 2. The number of hydrogen-bond acceptors (Lipinski definition) is 5. The van der Waals surface area contributed by atoms with Crippen LogP contribution in [0.2, 0.25) is 0 Å². The maximum absolute atomic E-state index is 13.9. The fraction of sp³-hybridized carbons (Fsp3) is 0.273. The maximum Gasteiger partial charge on any atom is 0.258 e. The second kappa shape index (κ2) is 8.89. The summed E-state index contributed by atoms with van der Waals surface area (Å²) in [7, 11) is 1.60. The molecule has 0 spiro atoms. The molecular formula is C22H21FN4O3S. The zero-order valence-corrected chi connectivity index (χ0v) is 17.6. The standard InChI is InChI=1S/C22H21FN4O3S/c1-27(11-19-24-16-9-5-3-7-14(16)20(28)26-19)22(30)17-12-31-18(21(29)25-17)10-13-6-2-4-8-15(13)23/h2-9,17-18H,10-12H2,1H3,(H,25,29)(H,24,26,28)/t17-,18+/m1/s1. The van der Waals surface area contributed by atoms with Crippen LogP contribution in [0.1, 0.15) is 11.4 Å². The van der Waals surface area contributed by atoms with Gasteiger partial charge < -0.3 is 15.2 Å². The van der Waals surface area contributed by atoms with Gasteiger partial charge >= 0.3 is 0 Å². The van der Waals surface area contributed by atoms with Gasteiger partial charge in [0.1, 0.15) is 17.7 Å². The van der Waals surface area contributed by atoms with Gasteiger partial charge in [-0.15, -0.1) is 11.8 Å². The average molecular weight is 441 g/mol. The Morgan fingerprint density at radius 2 is 1.94 bits per heavy atom. The van der Waals surface area contributed by atoms with Crippen molar-refractivity contribution in [3.8, 4) is 0 Å². The molecule has 2 aromatic carbocycles. The molecule has 2 atom stereocenters. The number of carbonyl (C=O) groups excluding carboxylic acids is 2. The van der Waals surface area contributed by atoms with E-state index in [1.54, 1.807) is 49.5 Å². The molecule has 160 valence electrons. The average Bonchev–Trinajstić information content (AvgIpc) is 2.76. The summed E-state index contributed by atoms with van der Waals surface area (Å²) in [6.07, 6.45) is 0.266. The molecule has 3 aromatic rings. The summed E-state index contributed by atoms with van der Waals surface area (Å²) in [6, 6.07) is 12.7. The molecule has 0 unspecified atom stereocenters. The van der Waals surface area contributed by atoms with Crippen molar-refractivity contribution in [1.29, 1.82) is 0 Å². The summed E-state index contributed by atoms with van der Waals surface area (Å²) in [5.41, 5.74) is 0.766. The molecule has 31 heavy (non-hydrogen) atoms. The van der Waals surface area contributed by atoms with Crippen LogP contribution in [0.25, 0.3) is 10.9 Å². The highest BCUT2D eigenvalue weighted by molar-refractivity contribution is 8.00. The number of nitrogens with zero attached hydrogens (tertiary/aromatic N) is 2. The van der Waals surface area contributed by atoms with E-state index < -0.39 is 11.3 Å². The predicted octanol–water partition coefficient (Wildman–Crippen LogP) is 1.86. The lowest BCUT2D eigenvalue weighted by molar-refractivity contribution is -0.135. The topological polar surface area (TPSA) is 95.2 Å². The number of rotatable bonds is 5. The highest BCUT2D eigenvalue weighted by Gasteiger charge is 2.34. The first-order valence-corrected chi connectivity index (χ1v) is 10.9. The number of nitrogens with one attached hydrogen (secondary N) is 2. The van der Waals surface area contributed by atoms with E-state index in [0.29, 0.717) is 28.0 Å². The molecule has 2 heterocycles. The van der Waals surface area contributed by atoms with Gasteiger partial charge in [0.05, 0.1) is 22.7 Å². The maximum atomic E-state index is 13.9. The van der Waals surface area contributed by atoms with E-state index in [1.807, 2.05) is 0 Å². The zero-order chi connectivity index (χ0) is 22.0.